The molecule has 1 aliphatic heterocycles. The van der Waals surface area contributed by atoms with Gasteiger partial charge in [0.15, 0.2) is 5.75 Å². The number of para-hydroxylation sites is 1. The first-order valence-corrected chi connectivity index (χ1v) is 9.70. The minimum absolute atomic E-state index is 0.217. The van der Waals surface area contributed by atoms with Crippen LogP contribution in [0.3, 0.4) is 0 Å². The van der Waals surface area contributed by atoms with Crippen LogP contribution in [0.15, 0.2) is 89.8 Å². The highest BCUT2D eigenvalue weighted by atomic mass is 32.2. The van der Waals surface area contributed by atoms with Gasteiger partial charge in [0.25, 0.3) is 0 Å². The highest BCUT2D eigenvalue weighted by Gasteiger charge is 2.31. The lowest BCUT2D eigenvalue weighted by atomic mass is 9.95. The standard InChI is InChI=1S/C22H14O3S/c23-26(24)21-14-17-10-5-4-9-16(17)13-20(21)19-12-6-11-18(22(19)25-26)15-7-2-1-3-8-15/h1-14H. The Hall–Kier alpha value is -3.11. The molecular formula is C22H14O3S. The predicted octanol–water partition coefficient (Wildman–Crippen LogP) is 5.25. The molecule has 0 amide bonds. The fourth-order valence-electron chi connectivity index (χ4n) is 3.48. The monoisotopic (exact) mass is 358 g/mol. The molecule has 0 saturated carbocycles. The van der Waals surface area contributed by atoms with Crippen molar-refractivity contribution in [3.8, 4) is 28.0 Å². The van der Waals surface area contributed by atoms with E-state index in [0.29, 0.717) is 11.3 Å². The lowest BCUT2D eigenvalue weighted by molar-refractivity contribution is 0.484. The fraction of sp³-hybridized carbons (Fsp3) is 0. The molecule has 0 saturated heterocycles. The zero-order chi connectivity index (χ0) is 17.7. The molecule has 4 aromatic rings. The quantitative estimate of drug-likeness (QED) is 0.436. The van der Waals surface area contributed by atoms with Gasteiger partial charge in [-0.25, -0.2) is 0 Å². The summed E-state index contributed by atoms with van der Waals surface area (Å²) in [5.74, 6) is 0.390. The van der Waals surface area contributed by atoms with Crippen molar-refractivity contribution in [2.45, 2.75) is 4.90 Å². The molecule has 4 heteroatoms. The first-order chi connectivity index (χ1) is 12.6. The molecular weight excluding hydrogens is 344 g/mol. The highest BCUT2D eigenvalue weighted by molar-refractivity contribution is 7.87. The third-order valence-corrected chi connectivity index (χ3v) is 5.96. The van der Waals surface area contributed by atoms with Gasteiger partial charge < -0.3 is 4.18 Å². The van der Waals surface area contributed by atoms with Crippen LogP contribution in [0.2, 0.25) is 0 Å². The summed E-state index contributed by atoms with van der Waals surface area (Å²) in [5.41, 5.74) is 3.17. The maximum atomic E-state index is 12.8. The predicted molar refractivity (Wildman–Crippen MR) is 103 cm³/mol. The van der Waals surface area contributed by atoms with Crippen molar-refractivity contribution in [1.82, 2.24) is 0 Å². The molecule has 0 atom stereocenters. The second kappa shape index (κ2) is 5.44. The number of hydrogen-bond acceptors (Lipinski definition) is 3. The van der Waals surface area contributed by atoms with Gasteiger partial charge in [-0.15, -0.1) is 0 Å². The van der Waals surface area contributed by atoms with E-state index in [1.54, 1.807) is 6.07 Å². The molecule has 0 aliphatic carbocycles. The first kappa shape index (κ1) is 15.2. The fourth-order valence-corrected chi connectivity index (χ4v) is 4.67. The largest absolute Gasteiger partial charge is 0.378 e. The number of benzene rings is 4. The van der Waals surface area contributed by atoms with E-state index in [2.05, 4.69) is 0 Å². The van der Waals surface area contributed by atoms with E-state index in [9.17, 15) is 8.42 Å². The van der Waals surface area contributed by atoms with Crippen LogP contribution in [0.4, 0.5) is 0 Å². The maximum Gasteiger partial charge on any atom is 0.339 e. The van der Waals surface area contributed by atoms with Crippen LogP contribution in [-0.2, 0) is 10.1 Å². The summed E-state index contributed by atoms with van der Waals surface area (Å²) in [6.07, 6.45) is 0. The van der Waals surface area contributed by atoms with Gasteiger partial charge in [-0.3, -0.25) is 0 Å². The van der Waals surface area contributed by atoms with E-state index >= 15 is 0 Å². The Balaban J connectivity index is 1.86. The zero-order valence-electron chi connectivity index (χ0n) is 13.7. The van der Waals surface area contributed by atoms with E-state index in [1.165, 1.54) is 0 Å². The molecule has 126 valence electrons. The van der Waals surface area contributed by atoms with Gasteiger partial charge in [0, 0.05) is 16.7 Å². The summed E-state index contributed by atoms with van der Waals surface area (Å²) in [4.78, 5) is 0.217. The molecule has 0 aromatic heterocycles. The Morgan fingerprint density at radius 1 is 0.615 bits per heavy atom. The van der Waals surface area contributed by atoms with Crippen LogP contribution in [-0.4, -0.2) is 8.42 Å². The summed E-state index contributed by atoms with van der Waals surface area (Å²) in [6.45, 7) is 0. The number of rotatable bonds is 1. The molecule has 5 rings (SSSR count). The van der Waals surface area contributed by atoms with Gasteiger partial charge in [-0.05, 0) is 28.5 Å². The van der Waals surface area contributed by atoms with Crippen LogP contribution < -0.4 is 4.18 Å². The lowest BCUT2D eigenvalue weighted by Gasteiger charge is -2.23. The molecule has 26 heavy (non-hydrogen) atoms. The van der Waals surface area contributed by atoms with Gasteiger partial charge in [0.1, 0.15) is 4.90 Å². The van der Waals surface area contributed by atoms with E-state index in [-0.39, 0.29) is 4.90 Å². The molecule has 0 N–H and O–H groups in total. The average Bonchev–Trinajstić information content (AvgIpc) is 2.67. The topological polar surface area (TPSA) is 43.4 Å². The Morgan fingerprint density at radius 3 is 2.04 bits per heavy atom. The van der Waals surface area contributed by atoms with Crippen molar-refractivity contribution in [3.63, 3.8) is 0 Å². The van der Waals surface area contributed by atoms with Crippen LogP contribution in [0, 0.1) is 0 Å². The molecule has 0 radical (unpaired) electrons. The Bertz CT molecular complexity index is 1260. The van der Waals surface area contributed by atoms with Gasteiger partial charge in [-0.2, -0.15) is 8.42 Å². The summed E-state index contributed by atoms with van der Waals surface area (Å²) in [6, 6.07) is 26.7. The second-order valence-electron chi connectivity index (χ2n) is 6.28. The molecule has 1 aliphatic rings. The summed E-state index contributed by atoms with van der Waals surface area (Å²) in [7, 11) is -3.88. The van der Waals surface area contributed by atoms with Crippen LogP contribution in [0.25, 0.3) is 33.0 Å². The van der Waals surface area contributed by atoms with Gasteiger partial charge >= 0.3 is 10.1 Å². The minimum atomic E-state index is -3.88. The van der Waals surface area contributed by atoms with Crippen molar-refractivity contribution in [1.29, 1.82) is 0 Å². The van der Waals surface area contributed by atoms with E-state index in [4.69, 9.17) is 4.18 Å². The van der Waals surface area contributed by atoms with E-state index < -0.39 is 10.1 Å². The van der Waals surface area contributed by atoms with E-state index in [1.807, 2.05) is 78.9 Å². The third-order valence-electron chi connectivity index (χ3n) is 4.70. The van der Waals surface area contributed by atoms with Gasteiger partial charge in [0.05, 0.1) is 0 Å². The van der Waals surface area contributed by atoms with Crippen LogP contribution in [0.5, 0.6) is 5.75 Å². The first-order valence-electron chi connectivity index (χ1n) is 8.29. The third kappa shape index (κ3) is 2.23. The molecule has 3 nitrogen and oxygen atoms in total. The van der Waals surface area contributed by atoms with Gasteiger partial charge in [0.2, 0.25) is 0 Å². The molecule has 0 spiro atoms. The number of hydrogen-bond donors (Lipinski definition) is 0. The summed E-state index contributed by atoms with van der Waals surface area (Å²) < 4.78 is 31.2. The summed E-state index contributed by atoms with van der Waals surface area (Å²) >= 11 is 0. The summed E-state index contributed by atoms with van der Waals surface area (Å²) in [5, 5.41) is 1.88. The molecule has 0 bridgehead atoms. The van der Waals surface area contributed by atoms with Crippen molar-refractivity contribution in [2.75, 3.05) is 0 Å². The lowest BCUT2D eigenvalue weighted by Crippen LogP contribution is -2.16. The van der Waals surface area contributed by atoms with Crippen molar-refractivity contribution in [2.24, 2.45) is 0 Å². The van der Waals surface area contributed by atoms with Crippen molar-refractivity contribution >= 4 is 20.9 Å². The Morgan fingerprint density at radius 2 is 1.27 bits per heavy atom. The molecule has 0 unspecified atom stereocenters. The normalized spacial score (nSPS) is 14.3. The van der Waals surface area contributed by atoms with Crippen LogP contribution in [0.1, 0.15) is 0 Å². The molecule has 0 fully saturated rings. The minimum Gasteiger partial charge on any atom is -0.378 e. The smallest absolute Gasteiger partial charge is 0.339 e. The maximum absolute atomic E-state index is 12.8. The second-order valence-corrected chi connectivity index (χ2v) is 7.80. The van der Waals surface area contributed by atoms with E-state index in [0.717, 1.165) is 27.5 Å². The van der Waals surface area contributed by atoms with Crippen LogP contribution >= 0.6 is 0 Å². The van der Waals surface area contributed by atoms with Crippen molar-refractivity contribution < 1.29 is 12.6 Å². The Labute approximate surface area is 151 Å². The molecule has 4 aromatic carbocycles. The zero-order valence-corrected chi connectivity index (χ0v) is 14.5. The molecule has 1 heterocycles. The Kier molecular flexibility index (Phi) is 3.18. The highest BCUT2D eigenvalue weighted by Crippen LogP contribution is 2.47. The van der Waals surface area contributed by atoms with Gasteiger partial charge in [-0.1, -0.05) is 72.8 Å². The average molecular weight is 358 g/mol. The van der Waals surface area contributed by atoms with Crippen molar-refractivity contribution in [3.05, 3.63) is 84.9 Å². The number of fused-ring (bicyclic) bond motifs is 4. The SMILES string of the molecule is O=S1(=O)Oc2c(-c3ccccc3)cccc2-c2cc3ccccc3cc21.